The van der Waals surface area contributed by atoms with E-state index in [0.29, 0.717) is 35.4 Å². The van der Waals surface area contributed by atoms with Crippen LogP contribution in [0.5, 0.6) is 5.75 Å². The van der Waals surface area contributed by atoms with E-state index in [1.54, 1.807) is 31.4 Å². The van der Waals surface area contributed by atoms with E-state index < -0.39 is 0 Å². The number of nitrogens with zero attached hydrogens (tertiary/aromatic N) is 3. The van der Waals surface area contributed by atoms with Gasteiger partial charge in [-0.3, -0.25) is 19.8 Å². The molecule has 2 fully saturated rings. The van der Waals surface area contributed by atoms with E-state index in [0.717, 1.165) is 68.5 Å². The van der Waals surface area contributed by atoms with Gasteiger partial charge in [0, 0.05) is 47.2 Å². The Kier molecular flexibility index (Phi) is 9.69. The first-order valence-corrected chi connectivity index (χ1v) is 15.6. The number of nitrogens with one attached hydrogen (secondary N) is 1. The maximum atomic E-state index is 13.1. The SMILES string of the molecule is CCCCc1ccc(OC)c(-c2csc(NC(=O)c3ccc(C(=O)N4CCC(N5CCC[C@H]5CO)CC4)cc3)n2)c1. The largest absolute Gasteiger partial charge is 0.496 e. The number of methoxy groups -OCH3 is 1. The van der Waals surface area contributed by atoms with Crippen LogP contribution in [-0.2, 0) is 6.42 Å². The van der Waals surface area contributed by atoms with Crippen LogP contribution in [0.1, 0.15) is 71.7 Å². The van der Waals surface area contributed by atoms with Gasteiger partial charge in [0.15, 0.2) is 5.13 Å². The van der Waals surface area contributed by atoms with Gasteiger partial charge >= 0.3 is 0 Å². The van der Waals surface area contributed by atoms with Gasteiger partial charge in [-0.05, 0) is 87.0 Å². The summed E-state index contributed by atoms with van der Waals surface area (Å²) in [6.07, 6.45) is 7.30. The van der Waals surface area contributed by atoms with Crippen LogP contribution < -0.4 is 10.1 Å². The van der Waals surface area contributed by atoms with Crippen molar-refractivity contribution in [3.63, 3.8) is 0 Å². The van der Waals surface area contributed by atoms with Crippen LogP contribution in [0, 0.1) is 0 Å². The highest BCUT2D eigenvalue weighted by atomic mass is 32.1. The number of hydrogen-bond acceptors (Lipinski definition) is 7. The van der Waals surface area contributed by atoms with Gasteiger partial charge in [0.2, 0.25) is 0 Å². The summed E-state index contributed by atoms with van der Waals surface area (Å²) in [5, 5.41) is 15.0. The molecule has 0 aliphatic carbocycles. The van der Waals surface area contributed by atoms with E-state index in [4.69, 9.17) is 4.74 Å². The van der Waals surface area contributed by atoms with Gasteiger partial charge < -0.3 is 14.7 Å². The summed E-state index contributed by atoms with van der Waals surface area (Å²) in [7, 11) is 1.65. The minimum Gasteiger partial charge on any atom is -0.496 e. The Labute approximate surface area is 246 Å². The zero-order valence-corrected chi connectivity index (χ0v) is 24.8. The van der Waals surface area contributed by atoms with Crippen molar-refractivity contribution in [2.45, 2.75) is 64.0 Å². The van der Waals surface area contributed by atoms with Gasteiger partial charge in [0.1, 0.15) is 5.75 Å². The van der Waals surface area contributed by atoms with E-state index in [9.17, 15) is 14.7 Å². The standard InChI is InChI=1S/C32H40N4O4S/c1-3-4-6-22-8-13-29(40-2)27(19-22)28-21-41-32(33-28)34-30(38)23-9-11-24(12-10-23)31(39)35-17-14-25(15-18-35)36-16-5-7-26(36)20-37/h8-13,19,21,25-26,37H,3-7,14-18,20H2,1-2H3,(H,33,34,38)/t26-/m0/s1. The average Bonchev–Trinajstić information content (AvgIpc) is 3.69. The lowest BCUT2D eigenvalue weighted by atomic mass is 10.0. The van der Waals surface area contributed by atoms with E-state index >= 15 is 0 Å². The second-order valence-corrected chi connectivity index (χ2v) is 11.8. The molecule has 2 aliphatic rings. The topological polar surface area (TPSA) is 95.0 Å². The van der Waals surface area contributed by atoms with Crippen molar-refractivity contribution < 1.29 is 19.4 Å². The summed E-state index contributed by atoms with van der Waals surface area (Å²) in [4.78, 5) is 35.1. The molecule has 2 aliphatic heterocycles. The van der Waals surface area contributed by atoms with Gasteiger partial charge in [-0.2, -0.15) is 0 Å². The molecule has 2 aromatic carbocycles. The molecular formula is C32H40N4O4S. The number of ether oxygens (including phenoxy) is 1. The van der Waals surface area contributed by atoms with Crippen LogP contribution in [-0.4, -0.2) is 77.1 Å². The number of aliphatic hydroxyl groups is 1. The molecule has 3 heterocycles. The normalized spacial score (nSPS) is 18.0. The lowest BCUT2D eigenvalue weighted by Crippen LogP contribution is -2.49. The first-order valence-electron chi connectivity index (χ1n) is 14.7. The molecule has 41 heavy (non-hydrogen) atoms. The molecule has 0 radical (unpaired) electrons. The predicted molar refractivity (Wildman–Crippen MR) is 163 cm³/mol. The Bertz CT molecular complexity index is 1330. The van der Waals surface area contributed by atoms with Gasteiger partial charge in [0.05, 0.1) is 19.4 Å². The molecule has 218 valence electrons. The molecular weight excluding hydrogens is 536 g/mol. The number of benzene rings is 2. The summed E-state index contributed by atoms with van der Waals surface area (Å²) in [5.74, 6) is 0.483. The summed E-state index contributed by atoms with van der Waals surface area (Å²) >= 11 is 1.37. The maximum absolute atomic E-state index is 13.1. The molecule has 3 aromatic rings. The molecule has 8 nitrogen and oxygen atoms in total. The number of aromatic nitrogens is 1. The number of anilines is 1. The number of carbonyl (C=O) groups is 2. The molecule has 0 unspecified atom stereocenters. The van der Waals surface area contributed by atoms with E-state index in [1.165, 1.54) is 16.9 Å². The zero-order valence-electron chi connectivity index (χ0n) is 24.0. The lowest BCUT2D eigenvalue weighted by Gasteiger charge is -2.39. The quantitative estimate of drug-likeness (QED) is 0.332. The fourth-order valence-corrected chi connectivity index (χ4v) is 6.70. The fourth-order valence-electron chi connectivity index (χ4n) is 6.00. The highest BCUT2D eigenvalue weighted by Gasteiger charge is 2.33. The van der Waals surface area contributed by atoms with Crippen LogP contribution >= 0.6 is 11.3 Å². The Morgan fingerprint density at radius 1 is 1.07 bits per heavy atom. The van der Waals surface area contributed by atoms with Crippen LogP contribution in [0.25, 0.3) is 11.3 Å². The summed E-state index contributed by atoms with van der Waals surface area (Å²) < 4.78 is 5.57. The van der Waals surface area contributed by atoms with Gasteiger partial charge in [-0.1, -0.05) is 19.4 Å². The van der Waals surface area contributed by atoms with Crippen LogP contribution in [0.3, 0.4) is 0 Å². The summed E-state index contributed by atoms with van der Waals surface area (Å²) in [6.45, 7) is 4.84. The van der Waals surface area contributed by atoms with Gasteiger partial charge in [-0.15, -0.1) is 11.3 Å². The number of amides is 2. The van der Waals surface area contributed by atoms with Crippen LogP contribution in [0.15, 0.2) is 47.8 Å². The van der Waals surface area contributed by atoms with E-state index in [1.807, 2.05) is 16.3 Å². The maximum Gasteiger partial charge on any atom is 0.257 e. The smallest absolute Gasteiger partial charge is 0.257 e. The van der Waals surface area contributed by atoms with Gasteiger partial charge in [-0.25, -0.2) is 4.98 Å². The minimum absolute atomic E-state index is 0.00443. The molecule has 9 heteroatoms. The van der Waals surface area contributed by atoms with Crippen molar-refractivity contribution in [3.05, 3.63) is 64.5 Å². The molecule has 0 saturated carbocycles. The molecule has 2 saturated heterocycles. The second-order valence-electron chi connectivity index (χ2n) is 10.9. The van der Waals surface area contributed by atoms with Crippen LogP contribution in [0.2, 0.25) is 0 Å². The van der Waals surface area contributed by atoms with Crippen molar-refractivity contribution in [2.24, 2.45) is 0 Å². The van der Waals surface area contributed by atoms with Crippen LogP contribution in [0.4, 0.5) is 5.13 Å². The van der Waals surface area contributed by atoms with Crippen molar-refractivity contribution in [3.8, 4) is 17.0 Å². The number of likely N-dealkylation sites (tertiary alicyclic amines) is 2. The van der Waals surface area contributed by atoms with E-state index in [2.05, 4.69) is 34.3 Å². The van der Waals surface area contributed by atoms with Crippen molar-refractivity contribution in [1.82, 2.24) is 14.8 Å². The predicted octanol–water partition coefficient (Wildman–Crippen LogP) is 5.47. The Morgan fingerprint density at radius 2 is 1.83 bits per heavy atom. The minimum atomic E-state index is -0.265. The number of thiazole rings is 1. The lowest BCUT2D eigenvalue weighted by molar-refractivity contribution is 0.0537. The number of rotatable bonds is 10. The highest BCUT2D eigenvalue weighted by Crippen LogP contribution is 2.34. The summed E-state index contributed by atoms with van der Waals surface area (Å²) in [6, 6.07) is 13.7. The third-order valence-electron chi connectivity index (χ3n) is 8.33. The average molecular weight is 577 g/mol. The fraction of sp³-hybridized carbons (Fsp3) is 0.469. The summed E-state index contributed by atoms with van der Waals surface area (Å²) in [5.41, 5.74) is 3.98. The second kappa shape index (κ2) is 13.6. The molecule has 5 rings (SSSR count). The molecule has 2 amide bonds. The zero-order chi connectivity index (χ0) is 28.8. The molecule has 1 aromatic heterocycles. The van der Waals surface area contributed by atoms with Crippen molar-refractivity contribution in [2.75, 3.05) is 38.7 Å². The number of unbranched alkanes of at least 4 members (excludes halogenated alkanes) is 1. The third kappa shape index (κ3) is 6.80. The first-order chi connectivity index (χ1) is 20.0. The monoisotopic (exact) mass is 576 g/mol. The number of piperidine rings is 1. The molecule has 0 bridgehead atoms. The Morgan fingerprint density at radius 3 is 2.54 bits per heavy atom. The van der Waals surface area contributed by atoms with Gasteiger partial charge in [0.25, 0.3) is 11.8 Å². The number of carbonyl (C=O) groups excluding carboxylic acids is 2. The Hall–Kier alpha value is -3.27. The number of hydrogen-bond donors (Lipinski definition) is 2. The number of aryl methyl sites for hydroxylation is 1. The number of aliphatic hydroxyl groups excluding tert-OH is 1. The third-order valence-corrected chi connectivity index (χ3v) is 9.09. The molecule has 1 atom stereocenters. The van der Waals surface area contributed by atoms with Crippen molar-refractivity contribution in [1.29, 1.82) is 0 Å². The Balaban J connectivity index is 1.18. The first kappa shape index (κ1) is 29.2. The van der Waals surface area contributed by atoms with E-state index in [-0.39, 0.29) is 24.5 Å². The van der Waals surface area contributed by atoms with Crippen molar-refractivity contribution >= 4 is 28.3 Å². The highest BCUT2D eigenvalue weighted by molar-refractivity contribution is 7.14. The molecule has 2 N–H and O–H groups in total. The molecule has 0 spiro atoms.